The number of hydrogen-bond acceptors (Lipinski definition) is 4. The number of rotatable bonds is 4. The third-order valence-corrected chi connectivity index (χ3v) is 4.39. The number of carbonyl (C=O) groups excluding carboxylic acids is 1. The van der Waals surface area contributed by atoms with E-state index < -0.39 is 17.8 Å². The summed E-state index contributed by atoms with van der Waals surface area (Å²) >= 11 is 0. The van der Waals surface area contributed by atoms with Crippen molar-refractivity contribution in [2.75, 3.05) is 5.32 Å². The SMILES string of the molecule is O=C(NC1CC1Nc1nc(C(F)(F)F)nc2ccccc12)c1ccc(F)cc1. The lowest BCUT2D eigenvalue weighted by molar-refractivity contribution is -0.144. The third kappa shape index (κ3) is 3.73. The Kier molecular flexibility index (Phi) is 4.37. The molecule has 0 saturated heterocycles. The summed E-state index contributed by atoms with van der Waals surface area (Å²) in [5.41, 5.74) is 0.485. The van der Waals surface area contributed by atoms with E-state index in [0.29, 0.717) is 17.4 Å². The summed E-state index contributed by atoms with van der Waals surface area (Å²) in [6, 6.07) is 11.0. The van der Waals surface area contributed by atoms with Gasteiger partial charge in [-0.25, -0.2) is 14.4 Å². The number of alkyl halides is 3. The normalized spacial score (nSPS) is 18.7. The van der Waals surface area contributed by atoms with E-state index in [1.807, 2.05) is 0 Å². The standard InChI is InChI=1S/C19H14F4N4O/c20-11-7-5-10(6-8-11)17(28)25-15-9-14(15)24-16-12-3-1-2-4-13(12)26-18(27-16)19(21,22)23/h1-8,14-15H,9H2,(H,25,28)(H,24,26,27). The quantitative estimate of drug-likeness (QED) is 0.666. The molecule has 1 aliphatic carbocycles. The maximum atomic E-state index is 13.1. The number of anilines is 1. The molecular formula is C19H14F4N4O. The highest BCUT2D eigenvalue weighted by molar-refractivity contribution is 5.95. The Bertz CT molecular complexity index is 1040. The molecule has 2 atom stereocenters. The Balaban J connectivity index is 1.50. The van der Waals surface area contributed by atoms with Crippen molar-refractivity contribution < 1.29 is 22.4 Å². The second kappa shape index (κ2) is 6.74. The Morgan fingerprint density at radius 1 is 1.00 bits per heavy atom. The molecule has 28 heavy (non-hydrogen) atoms. The van der Waals surface area contributed by atoms with Crippen LogP contribution in [0.2, 0.25) is 0 Å². The molecule has 3 aromatic rings. The van der Waals surface area contributed by atoms with E-state index in [4.69, 9.17) is 0 Å². The molecule has 1 aromatic heterocycles. The fourth-order valence-corrected chi connectivity index (χ4v) is 2.86. The molecule has 1 saturated carbocycles. The van der Waals surface area contributed by atoms with Gasteiger partial charge in [0.15, 0.2) is 0 Å². The van der Waals surface area contributed by atoms with Gasteiger partial charge >= 0.3 is 6.18 Å². The molecular weight excluding hydrogens is 376 g/mol. The predicted octanol–water partition coefficient (Wildman–Crippen LogP) is 3.77. The number of para-hydroxylation sites is 1. The minimum absolute atomic E-state index is 0.0708. The lowest BCUT2D eigenvalue weighted by atomic mass is 10.2. The van der Waals surface area contributed by atoms with Crippen LogP contribution in [0.4, 0.5) is 23.4 Å². The molecule has 4 rings (SSSR count). The molecule has 0 spiro atoms. The Labute approximate surface area is 156 Å². The van der Waals surface area contributed by atoms with E-state index in [0.717, 1.165) is 0 Å². The van der Waals surface area contributed by atoms with Crippen LogP contribution in [0.1, 0.15) is 22.6 Å². The van der Waals surface area contributed by atoms with Crippen LogP contribution in [0, 0.1) is 5.82 Å². The second-order valence-corrected chi connectivity index (χ2v) is 6.48. The van der Waals surface area contributed by atoms with E-state index in [1.54, 1.807) is 18.2 Å². The van der Waals surface area contributed by atoms with Crippen LogP contribution < -0.4 is 10.6 Å². The number of nitrogens with one attached hydrogen (secondary N) is 2. The number of hydrogen-bond donors (Lipinski definition) is 2. The maximum Gasteiger partial charge on any atom is 0.451 e. The highest BCUT2D eigenvalue weighted by Crippen LogP contribution is 2.33. The topological polar surface area (TPSA) is 66.9 Å². The van der Waals surface area contributed by atoms with Crippen molar-refractivity contribution in [3.8, 4) is 0 Å². The molecule has 2 unspecified atom stereocenters. The molecule has 144 valence electrons. The Hall–Kier alpha value is -3.23. The van der Waals surface area contributed by atoms with Crippen LogP contribution in [0.3, 0.4) is 0 Å². The average Bonchev–Trinajstić information content (AvgIpc) is 3.38. The van der Waals surface area contributed by atoms with Crippen LogP contribution in [0.5, 0.6) is 0 Å². The van der Waals surface area contributed by atoms with Gasteiger partial charge in [-0.2, -0.15) is 13.2 Å². The molecule has 1 amide bonds. The first-order valence-corrected chi connectivity index (χ1v) is 8.48. The molecule has 2 aromatic carbocycles. The van der Waals surface area contributed by atoms with Gasteiger partial charge in [0.2, 0.25) is 5.82 Å². The molecule has 2 N–H and O–H groups in total. The zero-order valence-corrected chi connectivity index (χ0v) is 14.3. The molecule has 1 heterocycles. The summed E-state index contributed by atoms with van der Waals surface area (Å²) in [4.78, 5) is 19.4. The van der Waals surface area contributed by atoms with Crippen LogP contribution in [-0.2, 0) is 6.18 Å². The number of aromatic nitrogens is 2. The van der Waals surface area contributed by atoms with E-state index >= 15 is 0 Å². The van der Waals surface area contributed by atoms with Crippen molar-refractivity contribution in [1.29, 1.82) is 0 Å². The first-order valence-electron chi connectivity index (χ1n) is 8.48. The fraction of sp³-hybridized carbons (Fsp3) is 0.211. The van der Waals surface area contributed by atoms with Gasteiger partial charge in [-0.15, -0.1) is 0 Å². The minimum Gasteiger partial charge on any atom is -0.365 e. The number of benzene rings is 2. The number of carbonyl (C=O) groups is 1. The number of nitrogens with zero attached hydrogens (tertiary/aromatic N) is 2. The van der Waals surface area contributed by atoms with Gasteiger partial charge < -0.3 is 10.6 Å². The van der Waals surface area contributed by atoms with E-state index in [2.05, 4.69) is 20.6 Å². The van der Waals surface area contributed by atoms with Crippen molar-refractivity contribution in [3.05, 3.63) is 65.7 Å². The smallest absolute Gasteiger partial charge is 0.365 e. The van der Waals surface area contributed by atoms with Crippen LogP contribution in [-0.4, -0.2) is 28.0 Å². The number of amides is 1. The monoisotopic (exact) mass is 390 g/mol. The van der Waals surface area contributed by atoms with Gasteiger partial charge in [-0.1, -0.05) is 12.1 Å². The summed E-state index contributed by atoms with van der Waals surface area (Å²) < 4.78 is 52.2. The van der Waals surface area contributed by atoms with Crippen molar-refractivity contribution in [1.82, 2.24) is 15.3 Å². The Morgan fingerprint density at radius 3 is 2.43 bits per heavy atom. The highest BCUT2D eigenvalue weighted by atomic mass is 19.4. The fourth-order valence-electron chi connectivity index (χ4n) is 2.86. The van der Waals surface area contributed by atoms with Gasteiger partial charge in [0.25, 0.3) is 5.91 Å². The molecule has 9 heteroatoms. The van der Waals surface area contributed by atoms with Gasteiger partial charge in [0.05, 0.1) is 11.6 Å². The molecule has 1 fully saturated rings. The van der Waals surface area contributed by atoms with Crippen molar-refractivity contribution in [2.45, 2.75) is 24.7 Å². The largest absolute Gasteiger partial charge is 0.451 e. The first kappa shape index (κ1) is 18.1. The van der Waals surface area contributed by atoms with Gasteiger partial charge in [0, 0.05) is 17.0 Å². The Morgan fingerprint density at radius 2 is 1.71 bits per heavy atom. The summed E-state index contributed by atoms with van der Waals surface area (Å²) in [7, 11) is 0. The van der Waals surface area contributed by atoms with Crippen molar-refractivity contribution in [3.63, 3.8) is 0 Å². The zero-order chi connectivity index (χ0) is 19.9. The van der Waals surface area contributed by atoms with Gasteiger partial charge in [-0.3, -0.25) is 4.79 Å². The predicted molar refractivity (Wildman–Crippen MR) is 94.2 cm³/mol. The minimum atomic E-state index is -4.67. The lowest BCUT2D eigenvalue weighted by Crippen LogP contribution is -2.29. The average molecular weight is 390 g/mol. The maximum absolute atomic E-state index is 13.1. The molecule has 0 bridgehead atoms. The highest BCUT2D eigenvalue weighted by Gasteiger charge is 2.40. The zero-order valence-electron chi connectivity index (χ0n) is 14.3. The summed E-state index contributed by atoms with van der Waals surface area (Å²) in [6.45, 7) is 0. The summed E-state index contributed by atoms with van der Waals surface area (Å²) in [5, 5.41) is 6.19. The summed E-state index contributed by atoms with van der Waals surface area (Å²) in [5.74, 6) is -1.97. The first-order chi connectivity index (χ1) is 13.3. The molecule has 0 aliphatic heterocycles. The van der Waals surface area contributed by atoms with Gasteiger partial charge in [-0.05, 0) is 42.8 Å². The lowest BCUT2D eigenvalue weighted by Gasteiger charge is -2.12. The summed E-state index contributed by atoms with van der Waals surface area (Å²) in [6.07, 6.45) is -4.13. The van der Waals surface area contributed by atoms with Crippen molar-refractivity contribution >= 4 is 22.6 Å². The third-order valence-electron chi connectivity index (χ3n) is 4.39. The number of halogens is 4. The van der Waals surface area contributed by atoms with E-state index in [9.17, 15) is 22.4 Å². The van der Waals surface area contributed by atoms with Crippen LogP contribution in [0.25, 0.3) is 10.9 Å². The van der Waals surface area contributed by atoms with Crippen LogP contribution in [0.15, 0.2) is 48.5 Å². The molecule has 5 nitrogen and oxygen atoms in total. The van der Waals surface area contributed by atoms with E-state index in [1.165, 1.54) is 30.3 Å². The molecule has 1 aliphatic rings. The second-order valence-electron chi connectivity index (χ2n) is 6.48. The van der Waals surface area contributed by atoms with Crippen LogP contribution >= 0.6 is 0 Å². The molecule has 0 radical (unpaired) electrons. The number of fused-ring (bicyclic) bond motifs is 1. The van der Waals surface area contributed by atoms with Gasteiger partial charge in [0.1, 0.15) is 11.6 Å². The van der Waals surface area contributed by atoms with Crippen molar-refractivity contribution in [2.24, 2.45) is 0 Å². The van der Waals surface area contributed by atoms with E-state index in [-0.39, 0.29) is 29.3 Å².